The SMILES string of the molecule is CC1CCN(C(=O)NCCS(=O)(=O)N(C)C)C(C(=O)O)C1. The van der Waals surface area contributed by atoms with Crippen LogP contribution in [0.1, 0.15) is 19.8 Å². The molecular formula is C12H23N3O5S. The van der Waals surface area contributed by atoms with Crippen LogP contribution < -0.4 is 5.32 Å². The summed E-state index contributed by atoms with van der Waals surface area (Å²) in [6.45, 7) is 2.27. The number of nitrogens with zero attached hydrogens (tertiary/aromatic N) is 2. The van der Waals surface area contributed by atoms with Crippen LogP contribution in [0.3, 0.4) is 0 Å². The molecule has 1 saturated heterocycles. The lowest BCUT2D eigenvalue weighted by Gasteiger charge is -2.35. The Bertz CT molecular complexity index is 491. The van der Waals surface area contributed by atoms with Crippen molar-refractivity contribution in [3.63, 3.8) is 0 Å². The molecule has 1 rings (SSSR count). The normalized spacial score (nSPS) is 23.1. The van der Waals surface area contributed by atoms with Gasteiger partial charge in [0.25, 0.3) is 0 Å². The number of carboxylic acid groups (broad SMARTS) is 1. The van der Waals surface area contributed by atoms with Crippen molar-refractivity contribution in [2.24, 2.45) is 5.92 Å². The van der Waals surface area contributed by atoms with Crippen molar-refractivity contribution in [1.29, 1.82) is 0 Å². The molecule has 1 heterocycles. The number of aliphatic carboxylic acids is 1. The molecule has 9 heteroatoms. The lowest BCUT2D eigenvalue weighted by atomic mass is 9.93. The van der Waals surface area contributed by atoms with Crippen LogP contribution in [0.15, 0.2) is 0 Å². The Hall–Kier alpha value is -1.35. The molecule has 1 aliphatic rings. The Kier molecular flexibility index (Phi) is 5.97. The van der Waals surface area contributed by atoms with Gasteiger partial charge >= 0.3 is 12.0 Å². The highest BCUT2D eigenvalue weighted by Gasteiger charge is 2.34. The van der Waals surface area contributed by atoms with Gasteiger partial charge in [-0.1, -0.05) is 6.92 Å². The molecule has 0 aromatic heterocycles. The number of likely N-dealkylation sites (tertiary alicyclic amines) is 1. The van der Waals surface area contributed by atoms with Gasteiger partial charge in [0.15, 0.2) is 0 Å². The smallest absolute Gasteiger partial charge is 0.326 e. The van der Waals surface area contributed by atoms with Gasteiger partial charge in [-0.15, -0.1) is 0 Å². The van der Waals surface area contributed by atoms with Crippen LogP contribution in [-0.4, -0.2) is 73.7 Å². The number of urea groups is 1. The minimum Gasteiger partial charge on any atom is -0.480 e. The number of carbonyl (C=O) groups is 2. The summed E-state index contributed by atoms with van der Waals surface area (Å²) in [5.74, 6) is -0.991. The predicted molar refractivity (Wildman–Crippen MR) is 77.4 cm³/mol. The molecule has 122 valence electrons. The van der Waals surface area contributed by atoms with E-state index in [1.807, 2.05) is 6.92 Å². The predicted octanol–water partition coefficient (Wildman–Crippen LogP) is -0.227. The average Bonchev–Trinajstić information content (AvgIpc) is 2.37. The maximum Gasteiger partial charge on any atom is 0.326 e. The molecule has 0 aromatic carbocycles. The van der Waals surface area contributed by atoms with E-state index in [1.54, 1.807) is 0 Å². The summed E-state index contributed by atoms with van der Waals surface area (Å²) in [7, 11) is -0.539. The van der Waals surface area contributed by atoms with Gasteiger partial charge in [-0.25, -0.2) is 22.3 Å². The van der Waals surface area contributed by atoms with Gasteiger partial charge in [-0.2, -0.15) is 0 Å². The second-order valence-corrected chi connectivity index (χ2v) is 7.81. The van der Waals surface area contributed by atoms with E-state index in [0.717, 1.165) is 10.7 Å². The Balaban J connectivity index is 2.56. The summed E-state index contributed by atoms with van der Waals surface area (Å²) >= 11 is 0. The highest BCUT2D eigenvalue weighted by molar-refractivity contribution is 7.89. The standard InChI is InChI=1S/C12H23N3O5S/c1-9-4-6-15(10(8-9)11(16)17)12(18)13-5-7-21(19,20)14(2)3/h9-10H,4-8H2,1-3H3,(H,13,18)(H,16,17). The fourth-order valence-corrected chi connectivity index (χ4v) is 2.91. The number of hydrogen-bond donors (Lipinski definition) is 2. The minimum absolute atomic E-state index is 0.0439. The number of carboxylic acids is 1. The summed E-state index contributed by atoms with van der Waals surface area (Å²) in [5.41, 5.74) is 0. The minimum atomic E-state index is -3.38. The van der Waals surface area contributed by atoms with Crippen LogP contribution in [0.2, 0.25) is 0 Å². The number of carbonyl (C=O) groups excluding carboxylic acids is 1. The molecule has 21 heavy (non-hydrogen) atoms. The Morgan fingerprint density at radius 2 is 2.00 bits per heavy atom. The fraction of sp³-hybridized carbons (Fsp3) is 0.833. The lowest BCUT2D eigenvalue weighted by Crippen LogP contribution is -2.53. The molecule has 0 aromatic rings. The highest BCUT2D eigenvalue weighted by atomic mass is 32.2. The number of nitrogens with one attached hydrogen (secondary N) is 1. The van der Waals surface area contributed by atoms with Gasteiger partial charge in [0, 0.05) is 27.2 Å². The number of rotatable bonds is 5. The first-order chi connectivity index (χ1) is 9.65. The van der Waals surface area contributed by atoms with Crippen molar-refractivity contribution < 1.29 is 23.1 Å². The van der Waals surface area contributed by atoms with E-state index in [1.165, 1.54) is 19.0 Å². The van der Waals surface area contributed by atoms with Crippen molar-refractivity contribution in [2.75, 3.05) is 32.9 Å². The second kappa shape index (κ2) is 7.08. The second-order valence-electron chi connectivity index (χ2n) is 5.51. The van der Waals surface area contributed by atoms with Crippen LogP contribution in [0.5, 0.6) is 0 Å². The van der Waals surface area contributed by atoms with E-state index in [0.29, 0.717) is 13.0 Å². The monoisotopic (exact) mass is 321 g/mol. The van der Waals surface area contributed by atoms with Crippen molar-refractivity contribution in [2.45, 2.75) is 25.8 Å². The molecule has 2 N–H and O–H groups in total. The Morgan fingerprint density at radius 1 is 1.38 bits per heavy atom. The van der Waals surface area contributed by atoms with Crippen molar-refractivity contribution >= 4 is 22.0 Å². The number of piperidine rings is 1. The van der Waals surface area contributed by atoms with Gasteiger partial charge in [0.2, 0.25) is 10.0 Å². The molecule has 0 aliphatic carbocycles. The summed E-state index contributed by atoms with van der Waals surface area (Å²) in [6, 6.07) is -1.37. The van der Waals surface area contributed by atoms with E-state index in [9.17, 15) is 23.1 Å². The molecule has 0 saturated carbocycles. The molecule has 1 aliphatic heterocycles. The maximum absolute atomic E-state index is 12.0. The Morgan fingerprint density at radius 3 is 2.52 bits per heavy atom. The maximum atomic E-state index is 12.0. The van der Waals surface area contributed by atoms with E-state index < -0.39 is 28.1 Å². The van der Waals surface area contributed by atoms with Gasteiger partial charge in [-0.05, 0) is 18.8 Å². The van der Waals surface area contributed by atoms with Gasteiger partial charge in [0.1, 0.15) is 6.04 Å². The molecule has 0 bridgehead atoms. The van der Waals surface area contributed by atoms with Crippen LogP contribution in [0, 0.1) is 5.92 Å². The topological polar surface area (TPSA) is 107 Å². The van der Waals surface area contributed by atoms with Crippen LogP contribution in [0.4, 0.5) is 4.79 Å². The first-order valence-electron chi connectivity index (χ1n) is 6.82. The summed E-state index contributed by atoms with van der Waals surface area (Å²) in [5, 5.41) is 11.7. The van der Waals surface area contributed by atoms with E-state index in [2.05, 4.69) is 5.32 Å². The first-order valence-corrected chi connectivity index (χ1v) is 8.43. The van der Waals surface area contributed by atoms with Crippen LogP contribution in [0.25, 0.3) is 0 Å². The highest BCUT2D eigenvalue weighted by Crippen LogP contribution is 2.22. The third kappa shape index (κ3) is 4.85. The van der Waals surface area contributed by atoms with Gasteiger partial charge < -0.3 is 15.3 Å². The van der Waals surface area contributed by atoms with Crippen LogP contribution >= 0.6 is 0 Å². The quantitative estimate of drug-likeness (QED) is 0.727. The lowest BCUT2D eigenvalue weighted by molar-refractivity contribution is -0.143. The zero-order valence-corrected chi connectivity index (χ0v) is 13.4. The molecule has 2 atom stereocenters. The molecule has 0 spiro atoms. The number of amides is 2. The molecule has 2 amide bonds. The third-order valence-electron chi connectivity index (χ3n) is 3.60. The number of hydrogen-bond acceptors (Lipinski definition) is 4. The molecule has 1 fully saturated rings. The fourth-order valence-electron chi connectivity index (χ4n) is 2.19. The van der Waals surface area contributed by atoms with Crippen LogP contribution in [-0.2, 0) is 14.8 Å². The van der Waals surface area contributed by atoms with E-state index in [-0.39, 0.29) is 18.2 Å². The summed E-state index contributed by atoms with van der Waals surface area (Å²) < 4.78 is 24.2. The summed E-state index contributed by atoms with van der Waals surface area (Å²) in [4.78, 5) is 24.5. The average molecular weight is 321 g/mol. The zero-order chi connectivity index (χ0) is 16.2. The Labute approximate surface area is 125 Å². The van der Waals surface area contributed by atoms with Crippen molar-refractivity contribution in [3.8, 4) is 0 Å². The van der Waals surface area contributed by atoms with Gasteiger partial charge in [-0.3, -0.25) is 0 Å². The summed E-state index contributed by atoms with van der Waals surface area (Å²) in [6.07, 6.45) is 1.16. The van der Waals surface area contributed by atoms with E-state index in [4.69, 9.17) is 0 Å². The van der Waals surface area contributed by atoms with Crippen molar-refractivity contribution in [1.82, 2.24) is 14.5 Å². The first kappa shape index (κ1) is 17.7. The largest absolute Gasteiger partial charge is 0.480 e. The molecule has 8 nitrogen and oxygen atoms in total. The molecular weight excluding hydrogens is 298 g/mol. The zero-order valence-electron chi connectivity index (χ0n) is 12.6. The molecule has 0 radical (unpaired) electrons. The molecule has 2 unspecified atom stereocenters. The number of sulfonamides is 1. The van der Waals surface area contributed by atoms with E-state index >= 15 is 0 Å². The third-order valence-corrected chi connectivity index (χ3v) is 5.44. The van der Waals surface area contributed by atoms with Crippen molar-refractivity contribution in [3.05, 3.63) is 0 Å². The van der Waals surface area contributed by atoms with Gasteiger partial charge in [0.05, 0.1) is 5.75 Å².